The summed E-state index contributed by atoms with van der Waals surface area (Å²) in [4.78, 5) is 33.6. The largest absolute Gasteiger partial charge is 0.481 e. The van der Waals surface area contributed by atoms with Gasteiger partial charge in [-0.3, -0.25) is 14.4 Å². The molecule has 0 bridgehead atoms. The minimum Gasteiger partial charge on any atom is -0.481 e. The van der Waals surface area contributed by atoms with Crippen molar-refractivity contribution in [3.63, 3.8) is 0 Å². The molecule has 0 aromatic rings. The summed E-state index contributed by atoms with van der Waals surface area (Å²) in [7, 11) is 0. The first kappa shape index (κ1) is 9.70. The van der Waals surface area contributed by atoms with Crippen molar-refractivity contribution < 1.29 is 19.5 Å². The summed E-state index contributed by atoms with van der Waals surface area (Å²) >= 11 is 0. The molecule has 0 radical (unpaired) electrons. The highest BCUT2D eigenvalue weighted by Crippen LogP contribution is 2.12. The van der Waals surface area contributed by atoms with E-state index < -0.39 is 12.0 Å². The van der Waals surface area contributed by atoms with E-state index in [1.54, 1.807) is 6.92 Å². The molecule has 5 nitrogen and oxygen atoms in total. The second-order valence-electron chi connectivity index (χ2n) is 3.18. The Hall–Kier alpha value is -1.39. The third-order valence-electron chi connectivity index (χ3n) is 2.02. The van der Waals surface area contributed by atoms with Crippen LogP contribution in [-0.4, -0.2) is 40.3 Å². The second-order valence-corrected chi connectivity index (χ2v) is 3.18. The van der Waals surface area contributed by atoms with Gasteiger partial charge in [0.1, 0.15) is 0 Å². The molecule has 1 rings (SSSR count). The minimum absolute atomic E-state index is 0.0628. The number of hydrogen-bond acceptors (Lipinski definition) is 3. The normalized spacial score (nSPS) is 19.3. The summed E-state index contributed by atoms with van der Waals surface area (Å²) in [5.41, 5.74) is 0. The Morgan fingerprint density at radius 3 is 2.62 bits per heavy atom. The first-order valence-electron chi connectivity index (χ1n) is 4.03. The van der Waals surface area contributed by atoms with Crippen LogP contribution in [0, 0.1) is 0 Å². The molecule has 0 saturated carbocycles. The van der Waals surface area contributed by atoms with Crippen LogP contribution in [-0.2, 0) is 14.4 Å². The van der Waals surface area contributed by atoms with Crippen LogP contribution in [0.4, 0.5) is 0 Å². The molecule has 1 heterocycles. The van der Waals surface area contributed by atoms with Gasteiger partial charge < -0.3 is 10.0 Å². The van der Waals surface area contributed by atoms with Gasteiger partial charge >= 0.3 is 5.97 Å². The molecule has 0 aromatic heterocycles. The van der Waals surface area contributed by atoms with Gasteiger partial charge in [0.05, 0.1) is 19.4 Å². The van der Waals surface area contributed by atoms with Gasteiger partial charge in [-0.05, 0) is 6.92 Å². The number of carbonyl (C=O) groups excluding carboxylic acids is 2. The molecule has 0 spiro atoms. The highest BCUT2D eigenvalue weighted by molar-refractivity contribution is 6.05. The number of aliphatic carboxylic acids is 1. The fourth-order valence-corrected chi connectivity index (χ4v) is 1.37. The maximum Gasteiger partial charge on any atom is 0.305 e. The molecular weight excluding hydrogens is 174 g/mol. The number of nitrogens with zero attached hydrogens (tertiary/aromatic N) is 1. The zero-order valence-electron chi connectivity index (χ0n) is 7.32. The lowest BCUT2D eigenvalue weighted by Crippen LogP contribution is -2.36. The average molecular weight is 185 g/mol. The quantitative estimate of drug-likeness (QED) is 0.610. The zero-order chi connectivity index (χ0) is 10.0. The Kier molecular flexibility index (Phi) is 2.65. The van der Waals surface area contributed by atoms with Gasteiger partial charge in [0, 0.05) is 6.04 Å². The average Bonchev–Trinajstić information content (AvgIpc) is 2.28. The molecule has 0 unspecified atom stereocenters. The van der Waals surface area contributed by atoms with Crippen molar-refractivity contribution in [3.05, 3.63) is 0 Å². The van der Waals surface area contributed by atoms with Gasteiger partial charge in [0.2, 0.25) is 5.91 Å². The number of ketones is 1. The number of Topliss-reactive ketones (excluding diaryl/α,β-unsaturated/α-hetero) is 1. The van der Waals surface area contributed by atoms with Gasteiger partial charge in [-0.1, -0.05) is 0 Å². The lowest BCUT2D eigenvalue weighted by Gasteiger charge is -2.21. The first-order valence-corrected chi connectivity index (χ1v) is 4.03. The molecule has 72 valence electrons. The van der Waals surface area contributed by atoms with Crippen LogP contribution in [0.15, 0.2) is 0 Å². The van der Waals surface area contributed by atoms with Gasteiger partial charge in [-0.25, -0.2) is 0 Å². The first-order chi connectivity index (χ1) is 6.00. The van der Waals surface area contributed by atoms with Crippen LogP contribution >= 0.6 is 0 Å². The van der Waals surface area contributed by atoms with E-state index in [-0.39, 0.29) is 31.1 Å². The van der Waals surface area contributed by atoms with E-state index in [4.69, 9.17) is 5.11 Å². The lowest BCUT2D eigenvalue weighted by molar-refractivity contribution is -0.139. The fourth-order valence-electron chi connectivity index (χ4n) is 1.37. The van der Waals surface area contributed by atoms with E-state index in [1.165, 1.54) is 4.90 Å². The monoisotopic (exact) mass is 185 g/mol. The molecule has 13 heavy (non-hydrogen) atoms. The van der Waals surface area contributed by atoms with E-state index >= 15 is 0 Å². The van der Waals surface area contributed by atoms with Crippen LogP contribution in [0.25, 0.3) is 0 Å². The minimum atomic E-state index is -0.959. The van der Waals surface area contributed by atoms with E-state index in [0.717, 1.165) is 0 Å². The molecule has 1 saturated heterocycles. The van der Waals surface area contributed by atoms with Crippen molar-refractivity contribution in [1.82, 2.24) is 4.90 Å². The van der Waals surface area contributed by atoms with Crippen LogP contribution in [0.3, 0.4) is 0 Å². The SMILES string of the molecule is C[C@H](CC(=O)O)N1CC(=O)CC1=O. The third-order valence-corrected chi connectivity index (χ3v) is 2.02. The summed E-state index contributed by atoms with van der Waals surface area (Å²) in [6.07, 6.45) is -0.191. The molecule has 1 amide bonds. The molecule has 1 atom stereocenters. The zero-order valence-corrected chi connectivity index (χ0v) is 7.32. The third kappa shape index (κ3) is 2.27. The molecule has 1 aliphatic rings. The molecule has 5 heteroatoms. The molecular formula is C8H11NO4. The Morgan fingerprint density at radius 2 is 2.23 bits per heavy atom. The van der Waals surface area contributed by atoms with Gasteiger partial charge in [0.15, 0.2) is 5.78 Å². The number of carboxylic acid groups (broad SMARTS) is 1. The van der Waals surface area contributed by atoms with E-state index in [2.05, 4.69) is 0 Å². The Morgan fingerprint density at radius 1 is 1.62 bits per heavy atom. The van der Waals surface area contributed by atoms with Crippen LogP contribution in [0.2, 0.25) is 0 Å². The van der Waals surface area contributed by atoms with Crippen molar-refractivity contribution in [2.75, 3.05) is 6.54 Å². The van der Waals surface area contributed by atoms with Crippen LogP contribution in [0.5, 0.6) is 0 Å². The molecule has 1 N–H and O–H groups in total. The van der Waals surface area contributed by atoms with E-state index in [9.17, 15) is 14.4 Å². The summed E-state index contributed by atoms with van der Waals surface area (Å²) < 4.78 is 0. The van der Waals surface area contributed by atoms with Crippen LogP contribution < -0.4 is 0 Å². The Balaban J connectivity index is 2.56. The molecule has 0 aromatic carbocycles. The van der Waals surface area contributed by atoms with Gasteiger partial charge in [-0.2, -0.15) is 0 Å². The highest BCUT2D eigenvalue weighted by Gasteiger charge is 2.31. The van der Waals surface area contributed by atoms with Crippen molar-refractivity contribution in [1.29, 1.82) is 0 Å². The van der Waals surface area contributed by atoms with Crippen molar-refractivity contribution in [2.24, 2.45) is 0 Å². The van der Waals surface area contributed by atoms with Gasteiger partial charge in [0.25, 0.3) is 0 Å². The number of rotatable bonds is 3. The van der Waals surface area contributed by atoms with Crippen molar-refractivity contribution in [2.45, 2.75) is 25.8 Å². The Bertz CT molecular complexity index is 261. The maximum absolute atomic E-state index is 11.1. The molecule has 1 aliphatic heterocycles. The number of carboxylic acids is 1. The van der Waals surface area contributed by atoms with E-state index in [1.807, 2.05) is 0 Å². The van der Waals surface area contributed by atoms with Crippen molar-refractivity contribution >= 4 is 17.7 Å². The smallest absolute Gasteiger partial charge is 0.305 e. The lowest BCUT2D eigenvalue weighted by atomic mass is 10.2. The number of likely N-dealkylation sites (tertiary alicyclic amines) is 1. The second kappa shape index (κ2) is 3.55. The fraction of sp³-hybridized carbons (Fsp3) is 0.625. The maximum atomic E-state index is 11.1. The van der Waals surface area contributed by atoms with Crippen LogP contribution in [0.1, 0.15) is 19.8 Å². The van der Waals surface area contributed by atoms with E-state index in [0.29, 0.717) is 0 Å². The standard InChI is InChI=1S/C8H11NO4/c1-5(2-8(12)13)9-4-6(10)3-7(9)11/h5H,2-4H2,1H3,(H,12,13)/t5-/m1/s1. The highest BCUT2D eigenvalue weighted by atomic mass is 16.4. The summed E-state index contributed by atoms with van der Waals surface area (Å²) in [5, 5.41) is 8.47. The summed E-state index contributed by atoms with van der Waals surface area (Å²) in [6, 6.07) is -0.392. The molecule has 1 fully saturated rings. The topological polar surface area (TPSA) is 74.7 Å². The summed E-state index contributed by atoms with van der Waals surface area (Å²) in [5.74, 6) is -1.36. The predicted molar refractivity (Wildman–Crippen MR) is 43.1 cm³/mol. The summed E-state index contributed by atoms with van der Waals surface area (Å²) in [6.45, 7) is 1.69. The number of hydrogen-bond donors (Lipinski definition) is 1. The predicted octanol–water partition coefficient (Wildman–Crippen LogP) is -0.349. The van der Waals surface area contributed by atoms with Crippen molar-refractivity contribution in [3.8, 4) is 0 Å². The number of amides is 1. The van der Waals surface area contributed by atoms with Gasteiger partial charge in [-0.15, -0.1) is 0 Å². The Labute approximate surface area is 75.3 Å². The number of carbonyl (C=O) groups is 3. The molecule has 0 aliphatic carbocycles.